The molecule has 0 aliphatic rings. The molecule has 0 amide bonds. The third-order valence-corrected chi connectivity index (χ3v) is 3.42. The molecule has 1 unspecified atom stereocenters. The Bertz CT molecular complexity index is 385. The van der Waals surface area contributed by atoms with Gasteiger partial charge in [0.2, 0.25) is 0 Å². The van der Waals surface area contributed by atoms with Crippen LogP contribution in [0.3, 0.4) is 0 Å². The maximum atomic E-state index is 6.05. The zero-order valence-corrected chi connectivity index (χ0v) is 12.8. The van der Waals surface area contributed by atoms with Crippen LogP contribution in [0.4, 0.5) is 0 Å². The topological polar surface area (TPSA) is 21.3 Å². The average Bonchev–Trinajstić information content (AvgIpc) is 2.30. The van der Waals surface area contributed by atoms with Crippen LogP contribution in [0.25, 0.3) is 0 Å². The molecular formula is C15H24ClNO. The van der Waals surface area contributed by atoms with E-state index in [0.29, 0.717) is 16.5 Å². The van der Waals surface area contributed by atoms with Crippen LogP contribution < -0.4 is 10.1 Å². The summed E-state index contributed by atoms with van der Waals surface area (Å²) in [5.41, 5.74) is 1.58. The summed E-state index contributed by atoms with van der Waals surface area (Å²) in [6.07, 6.45) is 2.27. The first-order valence-electron chi connectivity index (χ1n) is 6.38. The van der Waals surface area contributed by atoms with Crippen molar-refractivity contribution in [3.63, 3.8) is 0 Å². The van der Waals surface area contributed by atoms with Crippen molar-refractivity contribution >= 4 is 11.6 Å². The molecule has 18 heavy (non-hydrogen) atoms. The molecule has 2 nitrogen and oxygen atoms in total. The van der Waals surface area contributed by atoms with Crippen LogP contribution in [0.5, 0.6) is 5.75 Å². The molecule has 0 bridgehead atoms. The highest BCUT2D eigenvalue weighted by atomic mass is 35.5. The second-order valence-electron chi connectivity index (χ2n) is 5.83. The van der Waals surface area contributed by atoms with Crippen LogP contribution in [0.2, 0.25) is 5.02 Å². The smallest absolute Gasteiger partial charge is 0.137 e. The lowest BCUT2D eigenvalue weighted by molar-refractivity contribution is 0.337. The molecule has 0 spiro atoms. The summed E-state index contributed by atoms with van der Waals surface area (Å²) in [4.78, 5) is 0. The van der Waals surface area contributed by atoms with E-state index in [9.17, 15) is 0 Å². The Morgan fingerprint density at radius 2 is 2.00 bits per heavy atom. The molecule has 0 aromatic heterocycles. The fourth-order valence-corrected chi connectivity index (χ4v) is 2.14. The van der Waals surface area contributed by atoms with Crippen LogP contribution in [-0.4, -0.2) is 14.2 Å². The van der Waals surface area contributed by atoms with Gasteiger partial charge in [-0.05, 0) is 43.0 Å². The number of hydrogen-bond acceptors (Lipinski definition) is 2. The standard InChI is InChI=1S/C15H24ClNO/c1-15(2,3)9-8-13(17-4)11-6-7-12(16)14(10-11)18-5/h6-7,10,13,17H,8-9H2,1-5H3. The monoisotopic (exact) mass is 269 g/mol. The van der Waals surface area contributed by atoms with E-state index in [1.807, 2.05) is 19.2 Å². The second-order valence-corrected chi connectivity index (χ2v) is 6.24. The van der Waals surface area contributed by atoms with Crippen molar-refractivity contribution in [3.05, 3.63) is 28.8 Å². The van der Waals surface area contributed by atoms with Crippen LogP contribution in [0.15, 0.2) is 18.2 Å². The highest BCUT2D eigenvalue weighted by Gasteiger charge is 2.16. The number of hydrogen-bond donors (Lipinski definition) is 1. The van der Waals surface area contributed by atoms with Crippen molar-refractivity contribution in [2.75, 3.05) is 14.2 Å². The molecule has 0 heterocycles. The molecule has 1 aromatic rings. The highest BCUT2D eigenvalue weighted by Crippen LogP contribution is 2.31. The van der Waals surface area contributed by atoms with Crippen molar-refractivity contribution in [2.45, 2.75) is 39.7 Å². The quantitative estimate of drug-likeness (QED) is 0.854. The molecule has 0 radical (unpaired) electrons. The molecule has 0 fully saturated rings. The molecule has 1 rings (SSSR count). The Kier molecular flexibility index (Phi) is 5.48. The van der Waals surface area contributed by atoms with Gasteiger partial charge in [0.05, 0.1) is 12.1 Å². The summed E-state index contributed by atoms with van der Waals surface area (Å²) in [6, 6.07) is 6.33. The van der Waals surface area contributed by atoms with Gasteiger partial charge in [-0.2, -0.15) is 0 Å². The summed E-state index contributed by atoms with van der Waals surface area (Å²) in [6.45, 7) is 6.80. The minimum atomic E-state index is 0.343. The van der Waals surface area contributed by atoms with E-state index in [2.05, 4.69) is 32.2 Å². The summed E-state index contributed by atoms with van der Waals surface area (Å²) in [7, 11) is 3.64. The van der Waals surface area contributed by atoms with Gasteiger partial charge in [0, 0.05) is 6.04 Å². The van der Waals surface area contributed by atoms with Crippen LogP contribution in [0.1, 0.15) is 45.2 Å². The summed E-state index contributed by atoms with van der Waals surface area (Å²) >= 11 is 6.05. The van der Waals surface area contributed by atoms with E-state index in [0.717, 1.165) is 12.2 Å². The largest absolute Gasteiger partial charge is 0.495 e. The minimum Gasteiger partial charge on any atom is -0.495 e. The second kappa shape index (κ2) is 6.44. The Hall–Kier alpha value is -0.730. The molecule has 1 N–H and O–H groups in total. The van der Waals surface area contributed by atoms with Crippen molar-refractivity contribution in [2.24, 2.45) is 5.41 Å². The van der Waals surface area contributed by atoms with Gasteiger partial charge in [0.1, 0.15) is 5.75 Å². The highest BCUT2D eigenvalue weighted by molar-refractivity contribution is 6.32. The normalized spacial score (nSPS) is 13.4. The predicted molar refractivity (Wildman–Crippen MR) is 78.5 cm³/mol. The molecule has 102 valence electrons. The molecule has 1 aromatic carbocycles. The molecule has 0 aliphatic carbocycles. The van der Waals surface area contributed by atoms with Crippen molar-refractivity contribution in [3.8, 4) is 5.75 Å². The lowest BCUT2D eigenvalue weighted by Crippen LogP contribution is -2.19. The average molecular weight is 270 g/mol. The van der Waals surface area contributed by atoms with E-state index in [-0.39, 0.29) is 0 Å². The number of rotatable bonds is 5. The minimum absolute atomic E-state index is 0.343. The van der Waals surface area contributed by atoms with Gasteiger partial charge in [-0.1, -0.05) is 38.4 Å². The maximum Gasteiger partial charge on any atom is 0.137 e. The molecule has 0 saturated carbocycles. The van der Waals surface area contributed by atoms with E-state index in [1.165, 1.54) is 12.0 Å². The van der Waals surface area contributed by atoms with Crippen LogP contribution >= 0.6 is 11.6 Å². The van der Waals surface area contributed by atoms with E-state index < -0.39 is 0 Å². The van der Waals surface area contributed by atoms with Gasteiger partial charge < -0.3 is 10.1 Å². The third-order valence-electron chi connectivity index (χ3n) is 3.11. The number of ether oxygens (including phenoxy) is 1. The number of methoxy groups -OCH3 is 1. The van der Waals surface area contributed by atoms with Gasteiger partial charge in [-0.25, -0.2) is 0 Å². The zero-order valence-electron chi connectivity index (χ0n) is 12.0. The molecule has 3 heteroatoms. The predicted octanol–water partition coefficient (Wildman–Crippen LogP) is 4.44. The van der Waals surface area contributed by atoms with Crippen molar-refractivity contribution in [1.29, 1.82) is 0 Å². The van der Waals surface area contributed by atoms with Gasteiger partial charge in [0.15, 0.2) is 0 Å². The molecule has 0 saturated heterocycles. The van der Waals surface area contributed by atoms with Crippen LogP contribution in [0, 0.1) is 5.41 Å². The fraction of sp³-hybridized carbons (Fsp3) is 0.600. The Morgan fingerprint density at radius 1 is 1.33 bits per heavy atom. The van der Waals surface area contributed by atoms with E-state index in [4.69, 9.17) is 16.3 Å². The lowest BCUT2D eigenvalue weighted by Gasteiger charge is -2.23. The molecule has 0 aliphatic heterocycles. The number of benzene rings is 1. The maximum absolute atomic E-state index is 6.05. The Balaban J connectivity index is 2.82. The Morgan fingerprint density at radius 3 is 2.50 bits per heavy atom. The van der Waals surface area contributed by atoms with Crippen LogP contribution in [-0.2, 0) is 0 Å². The van der Waals surface area contributed by atoms with E-state index >= 15 is 0 Å². The van der Waals surface area contributed by atoms with Gasteiger partial charge in [-0.15, -0.1) is 0 Å². The summed E-state index contributed by atoms with van der Waals surface area (Å²) < 4.78 is 5.27. The summed E-state index contributed by atoms with van der Waals surface area (Å²) in [5, 5.41) is 4.02. The fourth-order valence-electron chi connectivity index (χ4n) is 1.95. The van der Waals surface area contributed by atoms with E-state index in [1.54, 1.807) is 7.11 Å². The summed E-state index contributed by atoms with van der Waals surface area (Å²) in [5.74, 6) is 0.741. The van der Waals surface area contributed by atoms with Gasteiger partial charge in [-0.3, -0.25) is 0 Å². The van der Waals surface area contributed by atoms with Gasteiger partial charge in [0.25, 0.3) is 0 Å². The lowest BCUT2D eigenvalue weighted by atomic mass is 9.87. The third kappa shape index (κ3) is 4.51. The van der Waals surface area contributed by atoms with Gasteiger partial charge >= 0.3 is 0 Å². The number of halogens is 1. The first-order valence-corrected chi connectivity index (χ1v) is 6.76. The van der Waals surface area contributed by atoms with Crippen molar-refractivity contribution in [1.82, 2.24) is 5.32 Å². The Labute approximate surface area is 116 Å². The van der Waals surface area contributed by atoms with Crippen molar-refractivity contribution < 1.29 is 4.74 Å². The first-order chi connectivity index (χ1) is 8.37. The molecule has 1 atom stereocenters. The SMILES string of the molecule is CNC(CCC(C)(C)C)c1ccc(Cl)c(OC)c1. The zero-order chi connectivity index (χ0) is 13.8. The first kappa shape index (κ1) is 15.3. The number of nitrogens with one attached hydrogen (secondary N) is 1. The molecular weight excluding hydrogens is 246 g/mol.